The number of H-pyrrole nitrogens is 1. The number of aromatic amines is 1. The van der Waals surface area contributed by atoms with Gasteiger partial charge in [-0.05, 0) is 6.92 Å². The van der Waals surface area contributed by atoms with E-state index < -0.39 is 17.3 Å². The van der Waals surface area contributed by atoms with Crippen molar-refractivity contribution in [1.29, 1.82) is 0 Å². The molecule has 9 heteroatoms. The molecule has 4 rings (SSSR count). The van der Waals surface area contributed by atoms with Gasteiger partial charge < -0.3 is 10.0 Å². The van der Waals surface area contributed by atoms with E-state index >= 15 is 0 Å². The first-order chi connectivity index (χ1) is 12.8. The second-order valence-corrected chi connectivity index (χ2v) is 7.41. The molecule has 9 nitrogen and oxygen atoms in total. The van der Waals surface area contributed by atoms with Crippen molar-refractivity contribution in [1.82, 2.24) is 24.4 Å². The number of likely N-dealkylation sites (tertiary alicyclic amines) is 2. The van der Waals surface area contributed by atoms with Crippen molar-refractivity contribution in [3.8, 4) is 0 Å². The van der Waals surface area contributed by atoms with Crippen molar-refractivity contribution in [2.24, 2.45) is 11.3 Å². The van der Waals surface area contributed by atoms with Gasteiger partial charge in [0, 0.05) is 50.6 Å². The van der Waals surface area contributed by atoms with Gasteiger partial charge in [0.15, 0.2) is 5.65 Å². The Morgan fingerprint density at radius 1 is 1.44 bits per heavy atom. The van der Waals surface area contributed by atoms with Crippen LogP contribution in [0.25, 0.3) is 5.65 Å². The van der Waals surface area contributed by atoms with Crippen LogP contribution < -0.4 is 5.56 Å². The number of carbonyl (C=O) groups excluding carboxylic acids is 1. The molecule has 4 heterocycles. The molecule has 0 aliphatic carbocycles. The number of aliphatic carboxylic acids is 1. The van der Waals surface area contributed by atoms with E-state index in [1.54, 1.807) is 17.0 Å². The number of nitrogens with zero attached hydrogens (tertiary/aromatic N) is 4. The first-order valence-electron chi connectivity index (χ1n) is 8.78. The molecule has 142 valence electrons. The van der Waals surface area contributed by atoms with Gasteiger partial charge in [-0.2, -0.15) is 0 Å². The maximum atomic E-state index is 12.6. The number of rotatable bonds is 5. The Morgan fingerprint density at radius 3 is 2.89 bits per heavy atom. The number of fused-ring (bicyclic) bond motifs is 2. The van der Waals surface area contributed by atoms with Gasteiger partial charge in [-0.3, -0.25) is 24.4 Å². The molecule has 2 aromatic rings. The smallest absolute Gasteiger partial charge is 0.313 e. The highest BCUT2D eigenvalue weighted by atomic mass is 16.4. The van der Waals surface area contributed by atoms with Gasteiger partial charge in [0.25, 0.3) is 5.56 Å². The predicted octanol–water partition coefficient (Wildman–Crippen LogP) is -0.138. The van der Waals surface area contributed by atoms with Crippen molar-refractivity contribution in [3.63, 3.8) is 0 Å². The molecule has 2 atom stereocenters. The minimum Gasteiger partial charge on any atom is -0.481 e. The average Bonchev–Trinajstić information content (AvgIpc) is 3.21. The minimum absolute atomic E-state index is 0.149. The van der Waals surface area contributed by atoms with Gasteiger partial charge in [-0.1, -0.05) is 6.08 Å². The molecule has 0 aromatic carbocycles. The van der Waals surface area contributed by atoms with Crippen LogP contribution in [0.5, 0.6) is 0 Å². The summed E-state index contributed by atoms with van der Waals surface area (Å²) in [6.07, 6.45) is 1.61. The number of carbonyl (C=O) groups is 2. The average molecular weight is 371 g/mol. The summed E-state index contributed by atoms with van der Waals surface area (Å²) >= 11 is 0. The normalized spacial score (nSPS) is 25.3. The monoisotopic (exact) mass is 371 g/mol. The maximum Gasteiger partial charge on any atom is 0.313 e. The highest BCUT2D eigenvalue weighted by Gasteiger charge is 2.61. The van der Waals surface area contributed by atoms with Gasteiger partial charge in [-0.15, -0.1) is 6.58 Å². The number of aryl methyl sites for hydroxylation is 1. The molecule has 0 unspecified atom stereocenters. The summed E-state index contributed by atoms with van der Waals surface area (Å²) in [6, 6.07) is 3.22. The van der Waals surface area contributed by atoms with Gasteiger partial charge in [0.05, 0.1) is 11.6 Å². The van der Waals surface area contributed by atoms with E-state index in [0.717, 1.165) is 5.69 Å². The highest BCUT2D eigenvalue weighted by Crippen LogP contribution is 2.43. The van der Waals surface area contributed by atoms with Crippen molar-refractivity contribution < 1.29 is 14.7 Å². The molecule has 2 fully saturated rings. The molecule has 2 aromatic heterocycles. The van der Waals surface area contributed by atoms with Crippen LogP contribution in [0.4, 0.5) is 0 Å². The van der Waals surface area contributed by atoms with Crippen LogP contribution in [0.2, 0.25) is 0 Å². The zero-order valence-corrected chi connectivity index (χ0v) is 15.0. The van der Waals surface area contributed by atoms with Crippen LogP contribution in [0.1, 0.15) is 11.4 Å². The van der Waals surface area contributed by atoms with Crippen LogP contribution in [-0.4, -0.2) is 67.6 Å². The van der Waals surface area contributed by atoms with Gasteiger partial charge >= 0.3 is 5.97 Å². The lowest BCUT2D eigenvalue weighted by Gasteiger charge is -2.24. The van der Waals surface area contributed by atoms with Crippen molar-refractivity contribution in [2.75, 3.05) is 26.2 Å². The Hall–Kier alpha value is -2.94. The van der Waals surface area contributed by atoms with Crippen molar-refractivity contribution in [2.45, 2.75) is 13.5 Å². The maximum absolute atomic E-state index is 12.6. The third-order valence-electron chi connectivity index (χ3n) is 5.49. The summed E-state index contributed by atoms with van der Waals surface area (Å²) in [7, 11) is 0. The molecule has 2 aliphatic heterocycles. The van der Waals surface area contributed by atoms with E-state index in [-0.39, 0.29) is 24.6 Å². The quantitative estimate of drug-likeness (QED) is 0.708. The van der Waals surface area contributed by atoms with Gasteiger partial charge in [0.1, 0.15) is 5.41 Å². The zero-order valence-electron chi connectivity index (χ0n) is 15.0. The molecule has 0 saturated carbocycles. The summed E-state index contributed by atoms with van der Waals surface area (Å²) < 4.78 is 1.37. The third-order valence-corrected chi connectivity index (χ3v) is 5.49. The summed E-state index contributed by atoms with van der Waals surface area (Å²) in [6.45, 7) is 6.92. The Morgan fingerprint density at radius 2 is 2.22 bits per heavy atom. The number of nitrogens with one attached hydrogen (secondary N) is 1. The van der Waals surface area contributed by atoms with Crippen molar-refractivity contribution >= 4 is 17.5 Å². The van der Waals surface area contributed by atoms with E-state index in [1.165, 1.54) is 10.6 Å². The van der Waals surface area contributed by atoms with E-state index in [4.69, 9.17) is 0 Å². The van der Waals surface area contributed by atoms with Crippen LogP contribution >= 0.6 is 0 Å². The van der Waals surface area contributed by atoms with Crippen LogP contribution in [0.3, 0.4) is 0 Å². The van der Waals surface area contributed by atoms with Crippen LogP contribution in [0.15, 0.2) is 29.6 Å². The molecular weight excluding hydrogens is 350 g/mol. The minimum atomic E-state index is -1.12. The fourth-order valence-electron chi connectivity index (χ4n) is 4.31. The largest absolute Gasteiger partial charge is 0.481 e. The summed E-state index contributed by atoms with van der Waals surface area (Å²) in [5, 5.41) is 12.8. The summed E-state index contributed by atoms with van der Waals surface area (Å²) in [5.74, 6) is -1.70. The van der Waals surface area contributed by atoms with Crippen molar-refractivity contribution in [3.05, 3.63) is 46.5 Å². The van der Waals surface area contributed by atoms with Crippen LogP contribution in [-0.2, 0) is 16.1 Å². The number of carboxylic acids is 1. The molecule has 2 aliphatic rings. The molecular formula is C18H21N5O4. The number of hydrogen-bond acceptors (Lipinski definition) is 5. The van der Waals surface area contributed by atoms with Gasteiger partial charge in [-0.25, -0.2) is 9.50 Å². The Bertz CT molecular complexity index is 1010. The molecule has 1 amide bonds. The standard InChI is InChI=1S/C18H21N5O4/c1-3-4-22-10-18(17(26)27)9-21(8-13(18)16(22)25)7-12-6-15(24)23-14(19-12)5-11(2)20-23/h3,5-6,13,20H,1,4,7-10H2,2H3,(H,26,27)/t13-,18-/m0/s1. The lowest BCUT2D eigenvalue weighted by atomic mass is 9.81. The predicted molar refractivity (Wildman–Crippen MR) is 96.2 cm³/mol. The summed E-state index contributed by atoms with van der Waals surface area (Å²) in [5.41, 5.74) is 0.573. The van der Waals surface area contributed by atoms with Gasteiger partial charge in [0.2, 0.25) is 5.91 Å². The zero-order chi connectivity index (χ0) is 19.3. The topological polar surface area (TPSA) is 111 Å². The molecule has 2 N–H and O–H groups in total. The van der Waals surface area contributed by atoms with E-state index in [0.29, 0.717) is 31.0 Å². The van der Waals surface area contributed by atoms with Crippen LogP contribution in [0, 0.1) is 18.3 Å². The second-order valence-electron chi connectivity index (χ2n) is 7.41. The number of hydrogen-bond donors (Lipinski definition) is 2. The fraction of sp³-hybridized carbons (Fsp3) is 0.444. The SMILES string of the molecule is C=CCN1C[C@@]2(C(=O)O)CN(Cc3cc(=O)n4[nH]c(C)cc4n3)C[C@H]2C1=O. The first-order valence-corrected chi connectivity index (χ1v) is 8.78. The summed E-state index contributed by atoms with van der Waals surface area (Å²) in [4.78, 5) is 44.8. The second kappa shape index (κ2) is 6.05. The molecule has 0 radical (unpaired) electrons. The Kier molecular flexibility index (Phi) is 3.92. The molecule has 2 saturated heterocycles. The van der Waals surface area contributed by atoms with E-state index in [2.05, 4.69) is 16.7 Å². The van der Waals surface area contributed by atoms with E-state index in [9.17, 15) is 19.5 Å². The number of carboxylic acid groups (broad SMARTS) is 1. The molecule has 0 spiro atoms. The molecule has 27 heavy (non-hydrogen) atoms. The van der Waals surface area contributed by atoms with E-state index in [1.807, 2.05) is 11.8 Å². The number of aromatic nitrogens is 3. The third kappa shape index (κ3) is 2.66. The lowest BCUT2D eigenvalue weighted by Crippen LogP contribution is -2.40. The first kappa shape index (κ1) is 17.5. The lowest BCUT2D eigenvalue weighted by molar-refractivity contribution is -0.149. The molecule has 0 bridgehead atoms. The Labute approximate surface area is 154 Å². The highest BCUT2D eigenvalue weighted by molar-refractivity contribution is 5.92. The Balaban J connectivity index is 1.59. The fourth-order valence-corrected chi connectivity index (χ4v) is 4.31. The number of amides is 1.